The first-order chi connectivity index (χ1) is 22.1. The molecule has 6 heteroatoms. The van der Waals surface area contributed by atoms with E-state index in [0.717, 1.165) is 33.2 Å². The van der Waals surface area contributed by atoms with Crippen LogP contribution in [0.4, 0.5) is 0 Å². The number of benzene rings is 6. The predicted octanol–water partition coefficient (Wildman–Crippen LogP) is 7.86. The van der Waals surface area contributed by atoms with Crippen molar-refractivity contribution in [1.29, 1.82) is 5.26 Å². The lowest BCUT2D eigenvalue weighted by molar-refractivity contribution is 0.841. The van der Waals surface area contributed by atoms with Crippen LogP contribution in [0, 0.1) is 11.3 Å². The van der Waals surface area contributed by atoms with E-state index in [-0.39, 0.29) is 11.1 Å². The molecule has 0 saturated carbocycles. The Morgan fingerprint density at radius 3 is 1.87 bits per heavy atom. The van der Waals surface area contributed by atoms with E-state index in [4.69, 9.17) is 0 Å². The molecule has 0 bridgehead atoms. The van der Waals surface area contributed by atoms with E-state index >= 15 is 0 Å². The van der Waals surface area contributed by atoms with Crippen molar-refractivity contribution < 1.29 is 0 Å². The Kier molecular flexibility index (Phi) is 4.46. The van der Waals surface area contributed by atoms with Crippen LogP contribution in [-0.2, 0) is 0 Å². The van der Waals surface area contributed by atoms with Crippen molar-refractivity contribution in [1.82, 2.24) is 13.4 Å². The van der Waals surface area contributed by atoms with E-state index in [1.165, 1.54) is 31.7 Å². The molecule has 45 heavy (non-hydrogen) atoms. The zero-order chi connectivity index (χ0) is 30.0. The number of hydrogen-bond donors (Lipinski definition) is 0. The highest BCUT2D eigenvalue weighted by molar-refractivity contribution is 6.23. The van der Waals surface area contributed by atoms with Crippen LogP contribution in [0.5, 0.6) is 0 Å². The number of nitriles is 1. The van der Waals surface area contributed by atoms with E-state index in [9.17, 15) is 14.9 Å². The molecule has 0 atom stereocenters. The molecule has 0 N–H and O–H groups in total. The molecule has 0 aliphatic rings. The molecule has 0 unspecified atom stereocenters. The van der Waals surface area contributed by atoms with Gasteiger partial charge >= 0.3 is 0 Å². The molecule has 6 aromatic carbocycles. The van der Waals surface area contributed by atoms with Crippen molar-refractivity contribution in [2.24, 2.45) is 0 Å². The SMILES string of the molecule is N#Cc1ccc(-c2cccc3c(=O)n4c(=O)c5cc(-c6ccc7c(c6)c6cccc8c9ccccc9n7c86)ccc5n4c23)cc1. The van der Waals surface area contributed by atoms with E-state index < -0.39 is 0 Å². The molecule has 4 aromatic heterocycles. The van der Waals surface area contributed by atoms with E-state index in [1.807, 2.05) is 42.5 Å². The Labute approximate surface area is 254 Å². The molecule has 0 saturated heterocycles. The Bertz CT molecular complexity index is 3030. The first-order valence-corrected chi connectivity index (χ1v) is 14.8. The second-order valence-electron chi connectivity index (χ2n) is 11.6. The average Bonchev–Trinajstić information content (AvgIpc) is 3.79. The molecule has 0 fully saturated rings. The number of hydrogen-bond acceptors (Lipinski definition) is 3. The van der Waals surface area contributed by atoms with Crippen molar-refractivity contribution in [3.05, 3.63) is 148 Å². The van der Waals surface area contributed by atoms with Crippen LogP contribution in [-0.4, -0.2) is 13.4 Å². The Balaban J connectivity index is 1.21. The summed E-state index contributed by atoms with van der Waals surface area (Å²) >= 11 is 0. The van der Waals surface area contributed by atoms with Gasteiger partial charge in [-0.3, -0.25) is 9.59 Å². The number of para-hydroxylation sites is 3. The summed E-state index contributed by atoms with van der Waals surface area (Å²) in [4.78, 5) is 27.5. The maximum atomic E-state index is 13.8. The van der Waals surface area contributed by atoms with Crippen molar-refractivity contribution in [2.75, 3.05) is 0 Å². The first kappa shape index (κ1) is 24.0. The van der Waals surface area contributed by atoms with Crippen LogP contribution in [0.15, 0.2) is 131 Å². The van der Waals surface area contributed by atoms with Crippen LogP contribution >= 0.6 is 0 Å². The van der Waals surface area contributed by atoms with Gasteiger partial charge < -0.3 is 4.40 Å². The normalized spacial score (nSPS) is 12.2. The molecule has 4 heterocycles. The largest absolute Gasteiger partial charge is 0.308 e. The molecule has 0 amide bonds. The summed E-state index contributed by atoms with van der Waals surface area (Å²) in [5.41, 5.74) is 8.38. The number of rotatable bonds is 2. The molecule has 10 aromatic rings. The van der Waals surface area contributed by atoms with Gasteiger partial charge in [0.1, 0.15) is 0 Å². The summed E-state index contributed by atoms with van der Waals surface area (Å²) in [6, 6.07) is 42.3. The third-order valence-electron chi connectivity index (χ3n) is 9.40. The fourth-order valence-corrected chi connectivity index (χ4v) is 7.42. The van der Waals surface area contributed by atoms with Crippen LogP contribution in [0.1, 0.15) is 5.56 Å². The topological polar surface area (TPSA) is 71.2 Å². The van der Waals surface area contributed by atoms with Gasteiger partial charge in [-0.05, 0) is 65.2 Å². The molecular formula is C39H20N4O2. The minimum absolute atomic E-state index is 0.341. The molecule has 0 aliphatic heterocycles. The smallest absolute Gasteiger partial charge is 0.282 e. The van der Waals surface area contributed by atoms with Gasteiger partial charge in [0.2, 0.25) is 0 Å². The quantitative estimate of drug-likeness (QED) is 0.210. The lowest BCUT2D eigenvalue weighted by Crippen LogP contribution is -2.21. The monoisotopic (exact) mass is 576 g/mol. The van der Waals surface area contributed by atoms with Crippen LogP contribution in [0.25, 0.3) is 82.2 Å². The Morgan fingerprint density at radius 2 is 1.07 bits per heavy atom. The minimum Gasteiger partial charge on any atom is -0.308 e. The summed E-state index contributed by atoms with van der Waals surface area (Å²) in [5.74, 6) is 0. The molecule has 0 aliphatic carbocycles. The van der Waals surface area contributed by atoms with Gasteiger partial charge in [0, 0.05) is 27.1 Å². The minimum atomic E-state index is -0.344. The number of aromatic nitrogens is 3. The maximum absolute atomic E-state index is 13.8. The third kappa shape index (κ3) is 2.96. The van der Waals surface area contributed by atoms with Gasteiger partial charge in [0.15, 0.2) is 0 Å². The van der Waals surface area contributed by atoms with E-state index in [2.05, 4.69) is 71.1 Å². The Hall–Kier alpha value is -6.45. The van der Waals surface area contributed by atoms with Gasteiger partial charge in [-0.1, -0.05) is 72.8 Å². The average molecular weight is 577 g/mol. The Morgan fingerprint density at radius 1 is 0.467 bits per heavy atom. The molecular weight excluding hydrogens is 556 g/mol. The van der Waals surface area contributed by atoms with Crippen LogP contribution in [0.2, 0.25) is 0 Å². The summed E-state index contributed by atoms with van der Waals surface area (Å²) in [7, 11) is 0. The molecule has 0 spiro atoms. The van der Waals surface area contributed by atoms with Crippen molar-refractivity contribution in [3.63, 3.8) is 0 Å². The summed E-state index contributed by atoms with van der Waals surface area (Å²) in [6.07, 6.45) is 0. The highest BCUT2D eigenvalue weighted by Gasteiger charge is 2.21. The second-order valence-corrected chi connectivity index (χ2v) is 11.6. The zero-order valence-electron chi connectivity index (χ0n) is 23.7. The highest BCUT2D eigenvalue weighted by atomic mass is 16.2. The molecule has 6 nitrogen and oxygen atoms in total. The molecule has 10 rings (SSSR count). The van der Waals surface area contributed by atoms with Gasteiger partial charge in [0.05, 0.1) is 50.0 Å². The summed E-state index contributed by atoms with van der Waals surface area (Å²) in [6.45, 7) is 0. The summed E-state index contributed by atoms with van der Waals surface area (Å²) in [5, 5.41) is 15.1. The van der Waals surface area contributed by atoms with Crippen molar-refractivity contribution in [3.8, 4) is 28.3 Å². The highest BCUT2D eigenvalue weighted by Crippen LogP contribution is 2.40. The first-order valence-electron chi connectivity index (χ1n) is 14.8. The van der Waals surface area contributed by atoms with E-state index in [1.54, 1.807) is 22.7 Å². The fourth-order valence-electron chi connectivity index (χ4n) is 7.42. The van der Waals surface area contributed by atoms with Gasteiger partial charge in [-0.25, -0.2) is 4.52 Å². The zero-order valence-corrected chi connectivity index (χ0v) is 23.7. The van der Waals surface area contributed by atoms with Crippen LogP contribution in [0.3, 0.4) is 0 Å². The molecule has 0 radical (unpaired) electrons. The summed E-state index contributed by atoms with van der Waals surface area (Å²) < 4.78 is 5.34. The van der Waals surface area contributed by atoms with Gasteiger partial charge in [-0.2, -0.15) is 9.78 Å². The number of nitrogens with zero attached hydrogens (tertiary/aromatic N) is 4. The van der Waals surface area contributed by atoms with Gasteiger partial charge in [-0.15, -0.1) is 0 Å². The number of fused-ring (bicyclic) bond motifs is 11. The van der Waals surface area contributed by atoms with Gasteiger partial charge in [0.25, 0.3) is 11.1 Å². The lowest BCUT2D eigenvalue weighted by atomic mass is 10.0. The van der Waals surface area contributed by atoms with E-state index in [0.29, 0.717) is 27.4 Å². The maximum Gasteiger partial charge on any atom is 0.282 e. The standard InChI is InChI=1S/C39H20N4O2/c40-21-22-11-13-23(14-12-22)26-6-3-9-30-37(26)42-35-18-16-25(20-32(35)39(45)43(42)38(30)44)24-15-17-34-31(19-24)29-8-4-7-28-27-5-1-2-10-33(27)41(34)36(28)29/h1-20H. The van der Waals surface area contributed by atoms with Crippen LogP contribution < -0.4 is 11.1 Å². The fraction of sp³-hybridized carbons (Fsp3) is 0. The lowest BCUT2D eigenvalue weighted by Gasteiger charge is -2.06. The molecule has 208 valence electrons. The second kappa shape index (κ2) is 8.34. The van der Waals surface area contributed by atoms with Crippen molar-refractivity contribution >= 4 is 59.9 Å². The predicted molar refractivity (Wildman–Crippen MR) is 180 cm³/mol. The third-order valence-corrected chi connectivity index (χ3v) is 9.40. The van der Waals surface area contributed by atoms with Crippen molar-refractivity contribution in [2.45, 2.75) is 0 Å².